The lowest BCUT2D eigenvalue weighted by Crippen LogP contribution is -2.43. The van der Waals surface area contributed by atoms with Gasteiger partial charge in [-0.25, -0.2) is 4.79 Å². The second-order valence-corrected chi connectivity index (χ2v) is 3.00. The van der Waals surface area contributed by atoms with E-state index < -0.39 is 11.6 Å². The molecule has 72 valence electrons. The second kappa shape index (κ2) is 3.49. The van der Waals surface area contributed by atoms with E-state index in [1.807, 2.05) is 0 Å². The van der Waals surface area contributed by atoms with Gasteiger partial charge in [0.1, 0.15) is 0 Å². The van der Waals surface area contributed by atoms with Gasteiger partial charge in [-0.15, -0.1) is 0 Å². The molecule has 0 aliphatic rings. The highest BCUT2D eigenvalue weighted by atomic mass is 16.4. The van der Waals surface area contributed by atoms with Crippen molar-refractivity contribution in [2.24, 2.45) is 0 Å². The summed E-state index contributed by atoms with van der Waals surface area (Å²) in [6, 6.07) is 3.59. The Morgan fingerprint density at radius 2 is 2.08 bits per heavy atom. The maximum atomic E-state index is 10.5. The van der Waals surface area contributed by atoms with Crippen molar-refractivity contribution in [2.75, 3.05) is 12.0 Å². The quantitative estimate of drug-likeness (QED) is 0.609. The molecule has 1 rings (SSSR count). The van der Waals surface area contributed by atoms with E-state index in [-0.39, 0.29) is 6.54 Å². The Labute approximate surface area is 75.6 Å². The van der Waals surface area contributed by atoms with Crippen molar-refractivity contribution in [3.05, 3.63) is 24.5 Å². The fraction of sp³-hybridized carbons (Fsp3) is 0.375. The molecule has 5 nitrogen and oxygen atoms in total. The van der Waals surface area contributed by atoms with Crippen LogP contribution >= 0.6 is 0 Å². The number of carboxylic acids is 1. The summed E-state index contributed by atoms with van der Waals surface area (Å²) in [5.41, 5.74) is 0.986. The second-order valence-electron chi connectivity index (χ2n) is 3.00. The molecule has 0 aliphatic carbocycles. The van der Waals surface area contributed by atoms with Crippen molar-refractivity contribution in [1.29, 1.82) is 0 Å². The van der Waals surface area contributed by atoms with Gasteiger partial charge in [0.2, 0.25) is 0 Å². The number of carbonyl (C=O) groups is 1. The maximum absolute atomic E-state index is 10.5. The van der Waals surface area contributed by atoms with Crippen LogP contribution in [0, 0.1) is 0 Å². The van der Waals surface area contributed by atoms with Gasteiger partial charge in [-0.2, -0.15) is 0 Å². The molecule has 1 aromatic heterocycles. The molecule has 0 aromatic carbocycles. The van der Waals surface area contributed by atoms with Crippen LogP contribution in [0.25, 0.3) is 0 Å². The van der Waals surface area contributed by atoms with Gasteiger partial charge in [0.25, 0.3) is 0 Å². The minimum Gasteiger partial charge on any atom is -0.479 e. The molecule has 1 aromatic rings. The molecule has 0 radical (unpaired) electrons. The number of hydrogen-bond donors (Lipinski definition) is 3. The third-order valence-electron chi connectivity index (χ3n) is 1.67. The summed E-state index contributed by atoms with van der Waals surface area (Å²) in [4.78, 5) is 10.5. The first kappa shape index (κ1) is 9.60. The van der Waals surface area contributed by atoms with Gasteiger partial charge in [-0.05, 0) is 19.1 Å². The summed E-state index contributed by atoms with van der Waals surface area (Å²) < 4.78 is 1.58. The van der Waals surface area contributed by atoms with Gasteiger partial charge in [0.15, 0.2) is 5.60 Å². The Morgan fingerprint density at radius 1 is 1.54 bits per heavy atom. The van der Waals surface area contributed by atoms with Crippen molar-refractivity contribution in [2.45, 2.75) is 12.5 Å². The van der Waals surface area contributed by atoms with Crippen molar-refractivity contribution in [3.8, 4) is 0 Å². The Balaban J connectivity index is 2.47. The van der Waals surface area contributed by atoms with Crippen LogP contribution in [0.3, 0.4) is 0 Å². The van der Waals surface area contributed by atoms with Crippen LogP contribution in [0.2, 0.25) is 0 Å². The lowest BCUT2D eigenvalue weighted by Gasteiger charge is -2.19. The Bertz CT molecular complexity index is 280. The van der Waals surface area contributed by atoms with Gasteiger partial charge in [-0.1, -0.05) is 0 Å². The van der Waals surface area contributed by atoms with Crippen LogP contribution < -0.4 is 5.43 Å². The van der Waals surface area contributed by atoms with Gasteiger partial charge in [0, 0.05) is 12.4 Å². The molecule has 0 aliphatic heterocycles. The molecule has 0 spiro atoms. The average molecular weight is 184 g/mol. The van der Waals surface area contributed by atoms with Gasteiger partial charge in [-0.3, -0.25) is 4.68 Å². The standard InChI is InChI=1S/C8H12N2O3/c1-8(13,7(11)12)6-9-10-4-2-3-5-10/h2-5,9,13H,6H2,1H3,(H,11,12). The van der Waals surface area contributed by atoms with Crippen LogP contribution in [0.1, 0.15) is 6.92 Å². The van der Waals surface area contributed by atoms with E-state index in [1.165, 1.54) is 6.92 Å². The number of nitrogens with one attached hydrogen (secondary N) is 1. The van der Waals surface area contributed by atoms with E-state index in [9.17, 15) is 9.90 Å². The van der Waals surface area contributed by atoms with E-state index in [0.717, 1.165) is 0 Å². The molecule has 0 saturated heterocycles. The highest BCUT2D eigenvalue weighted by molar-refractivity contribution is 5.77. The largest absolute Gasteiger partial charge is 0.479 e. The maximum Gasteiger partial charge on any atom is 0.337 e. The Morgan fingerprint density at radius 3 is 2.54 bits per heavy atom. The summed E-state index contributed by atoms with van der Waals surface area (Å²) >= 11 is 0. The number of rotatable bonds is 4. The van der Waals surface area contributed by atoms with E-state index in [4.69, 9.17) is 5.11 Å². The fourth-order valence-electron chi connectivity index (χ4n) is 0.761. The molecule has 3 N–H and O–H groups in total. The zero-order valence-corrected chi connectivity index (χ0v) is 7.27. The normalized spacial score (nSPS) is 14.9. The number of hydrogen-bond acceptors (Lipinski definition) is 3. The zero-order valence-electron chi connectivity index (χ0n) is 7.27. The highest BCUT2D eigenvalue weighted by Crippen LogP contribution is 2.01. The van der Waals surface area contributed by atoms with Crippen LogP contribution in [0.4, 0.5) is 0 Å². The number of nitrogens with zero attached hydrogens (tertiary/aromatic N) is 1. The zero-order chi connectivity index (χ0) is 9.90. The monoisotopic (exact) mass is 184 g/mol. The minimum atomic E-state index is -1.75. The van der Waals surface area contributed by atoms with Crippen molar-refractivity contribution >= 4 is 5.97 Å². The van der Waals surface area contributed by atoms with E-state index in [2.05, 4.69) is 5.43 Å². The Kier molecular flexibility index (Phi) is 2.57. The molecule has 0 bridgehead atoms. The first-order valence-corrected chi connectivity index (χ1v) is 3.85. The van der Waals surface area contributed by atoms with Crippen LogP contribution in [0.15, 0.2) is 24.5 Å². The molecular formula is C8H12N2O3. The predicted molar refractivity (Wildman–Crippen MR) is 46.9 cm³/mol. The molecule has 0 saturated carbocycles. The fourth-order valence-corrected chi connectivity index (χ4v) is 0.761. The molecule has 0 fully saturated rings. The molecular weight excluding hydrogens is 172 g/mol. The summed E-state index contributed by atoms with van der Waals surface area (Å²) in [5, 5.41) is 17.9. The number of carboxylic acid groups (broad SMARTS) is 1. The molecule has 13 heavy (non-hydrogen) atoms. The van der Waals surface area contributed by atoms with E-state index in [1.54, 1.807) is 29.2 Å². The highest BCUT2D eigenvalue weighted by Gasteiger charge is 2.29. The lowest BCUT2D eigenvalue weighted by atomic mass is 10.1. The Hall–Kier alpha value is -1.49. The summed E-state index contributed by atoms with van der Waals surface area (Å²) in [6.45, 7) is 1.20. The molecule has 0 amide bonds. The molecule has 5 heteroatoms. The third-order valence-corrected chi connectivity index (χ3v) is 1.67. The van der Waals surface area contributed by atoms with Crippen molar-refractivity contribution in [1.82, 2.24) is 4.68 Å². The summed E-state index contributed by atoms with van der Waals surface area (Å²) in [5.74, 6) is -1.24. The average Bonchev–Trinajstić information content (AvgIpc) is 2.52. The van der Waals surface area contributed by atoms with Crippen LogP contribution in [0.5, 0.6) is 0 Å². The van der Waals surface area contributed by atoms with Gasteiger partial charge < -0.3 is 15.6 Å². The van der Waals surface area contributed by atoms with Gasteiger partial charge in [0.05, 0.1) is 6.54 Å². The first-order valence-electron chi connectivity index (χ1n) is 3.85. The third kappa shape index (κ3) is 2.48. The van der Waals surface area contributed by atoms with Crippen molar-refractivity contribution < 1.29 is 15.0 Å². The van der Waals surface area contributed by atoms with Gasteiger partial charge >= 0.3 is 5.97 Å². The SMILES string of the molecule is CC(O)(CNn1cccc1)C(=O)O. The topological polar surface area (TPSA) is 74.5 Å². The number of aliphatic hydroxyl groups is 1. The predicted octanol–water partition coefficient (Wildman–Crippen LogP) is -0.133. The smallest absolute Gasteiger partial charge is 0.337 e. The minimum absolute atomic E-state index is 0.0446. The molecule has 1 heterocycles. The molecule has 1 unspecified atom stereocenters. The van der Waals surface area contributed by atoms with Crippen LogP contribution in [-0.2, 0) is 4.79 Å². The van der Waals surface area contributed by atoms with Crippen molar-refractivity contribution in [3.63, 3.8) is 0 Å². The number of aromatic nitrogens is 1. The van der Waals surface area contributed by atoms with Crippen LogP contribution in [-0.4, -0.2) is 33.0 Å². The summed E-state index contributed by atoms with van der Waals surface area (Å²) in [7, 11) is 0. The number of aliphatic carboxylic acids is 1. The lowest BCUT2D eigenvalue weighted by molar-refractivity contribution is -0.155. The van der Waals surface area contributed by atoms with E-state index >= 15 is 0 Å². The van der Waals surface area contributed by atoms with E-state index in [0.29, 0.717) is 0 Å². The summed E-state index contributed by atoms with van der Waals surface area (Å²) in [6.07, 6.45) is 3.44. The first-order chi connectivity index (χ1) is 6.02. The molecule has 1 atom stereocenters.